The van der Waals surface area contributed by atoms with Crippen molar-refractivity contribution in [1.29, 1.82) is 0 Å². The minimum absolute atomic E-state index is 0.131. The van der Waals surface area contributed by atoms with E-state index in [0.29, 0.717) is 16.4 Å². The van der Waals surface area contributed by atoms with Gasteiger partial charge in [-0.25, -0.2) is 9.18 Å². The van der Waals surface area contributed by atoms with Gasteiger partial charge in [-0.1, -0.05) is 23.9 Å². The van der Waals surface area contributed by atoms with Crippen molar-refractivity contribution >= 4 is 17.7 Å². The lowest BCUT2D eigenvalue weighted by molar-refractivity contribution is 0.0656. The van der Waals surface area contributed by atoms with Crippen molar-refractivity contribution in [2.24, 2.45) is 0 Å². The summed E-state index contributed by atoms with van der Waals surface area (Å²) in [7, 11) is 1.40. The number of ether oxygens (including phenoxy) is 1. The normalized spacial score (nSPS) is 10.4. The van der Waals surface area contributed by atoms with Gasteiger partial charge in [0.2, 0.25) is 5.76 Å². The summed E-state index contributed by atoms with van der Waals surface area (Å²) in [5.74, 6) is -1.16. The highest BCUT2D eigenvalue weighted by molar-refractivity contribution is 7.98. The van der Waals surface area contributed by atoms with Gasteiger partial charge < -0.3 is 14.3 Å². The van der Waals surface area contributed by atoms with Gasteiger partial charge in [0.1, 0.15) is 0 Å². The first kappa shape index (κ1) is 13.5. The fourth-order valence-electron chi connectivity index (χ4n) is 1.49. The lowest BCUT2D eigenvalue weighted by atomic mass is 10.2. The highest BCUT2D eigenvalue weighted by Gasteiger charge is 2.12. The first-order chi connectivity index (χ1) is 9.11. The number of aromatic carboxylic acids is 1. The lowest BCUT2D eigenvalue weighted by Gasteiger charge is -2.06. The third-order valence-electron chi connectivity index (χ3n) is 2.43. The van der Waals surface area contributed by atoms with Crippen LogP contribution in [0.2, 0.25) is 0 Å². The molecule has 1 N–H and O–H groups in total. The van der Waals surface area contributed by atoms with Gasteiger partial charge in [0, 0.05) is 11.3 Å². The van der Waals surface area contributed by atoms with Crippen molar-refractivity contribution in [3.05, 3.63) is 47.5 Å². The van der Waals surface area contributed by atoms with Crippen molar-refractivity contribution < 1.29 is 23.4 Å². The van der Waals surface area contributed by atoms with Crippen LogP contribution in [0.4, 0.5) is 4.39 Å². The van der Waals surface area contributed by atoms with Crippen LogP contribution in [-0.4, -0.2) is 18.2 Å². The molecule has 0 amide bonds. The van der Waals surface area contributed by atoms with Gasteiger partial charge in [0.15, 0.2) is 16.7 Å². The molecule has 0 saturated carbocycles. The molecule has 2 aromatic rings. The summed E-state index contributed by atoms with van der Waals surface area (Å²) < 4.78 is 23.8. The van der Waals surface area contributed by atoms with Gasteiger partial charge >= 0.3 is 5.97 Å². The van der Waals surface area contributed by atoms with Gasteiger partial charge in [-0.3, -0.25) is 0 Å². The van der Waals surface area contributed by atoms with Crippen LogP contribution in [0.25, 0.3) is 0 Å². The summed E-state index contributed by atoms with van der Waals surface area (Å²) in [6.45, 7) is 0. The first-order valence-electron chi connectivity index (χ1n) is 5.39. The summed E-state index contributed by atoms with van der Waals surface area (Å²) in [6.07, 6.45) is 0. The Morgan fingerprint density at radius 1 is 1.42 bits per heavy atom. The molecule has 0 atom stereocenters. The molecule has 4 nitrogen and oxygen atoms in total. The van der Waals surface area contributed by atoms with Gasteiger partial charge in [0.25, 0.3) is 0 Å². The number of carboxylic acids is 1. The standard InChI is InChI=1S/C13H11FO4S/c1-17-9-4-2-3-8(12(9)14)7-19-11-6-5-10(18-11)13(15)16/h2-6H,7H2,1H3,(H,15,16). The van der Waals surface area contributed by atoms with E-state index in [1.165, 1.54) is 24.9 Å². The number of rotatable bonds is 5. The van der Waals surface area contributed by atoms with Crippen LogP contribution >= 0.6 is 11.8 Å². The van der Waals surface area contributed by atoms with Crippen LogP contribution < -0.4 is 4.74 Å². The van der Waals surface area contributed by atoms with Crippen molar-refractivity contribution in [2.75, 3.05) is 7.11 Å². The molecule has 100 valence electrons. The second kappa shape index (κ2) is 5.79. The zero-order valence-electron chi connectivity index (χ0n) is 10.1. The van der Waals surface area contributed by atoms with E-state index >= 15 is 0 Å². The number of carboxylic acid groups (broad SMARTS) is 1. The molecule has 1 heterocycles. The molecule has 0 aliphatic carbocycles. The topological polar surface area (TPSA) is 59.7 Å². The molecule has 0 aliphatic rings. The fourth-order valence-corrected chi connectivity index (χ4v) is 2.32. The number of benzene rings is 1. The molecular formula is C13H11FO4S. The molecule has 6 heteroatoms. The number of halogens is 1. The van der Waals surface area contributed by atoms with Gasteiger partial charge in [0.05, 0.1) is 7.11 Å². The SMILES string of the molecule is COc1cccc(CSc2ccc(C(=O)O)o2)c1F. The maximum absolute atomic E-state index is 13.8. The molecule has 0 bridgehead atoms. The molecule has 19 heavy (non-hydrogen) atoms. The van der Waals surface area contributed by atoms with Gasteiger partial charge in [-0.05, 0) is 18.2 Å². The van der Waals surface area contributed by atoms with Crippen molar-refractivity contribution in [2.45, 2.75) is 10.8 Å². The van der Waals surface area contributed by atoms with E-state index in [-0.39, 0.29) is 11.5 Å². The Kier molecular flexibility index (Phi) is 4.11. The van der Waals surface area contributed by atoms with Crippen LogP contribution in [0, 0.1) is 5.82 Å². The van der Waals surface area contributed by atoms with Crippen molar-refractivity contribution in [3.8, 4) is 5.75 Å². The molecule has 0 spiro atoms. The minimum atomic E-state index is -1.13. The van der Waals surface area contributed by atoms with E-state index in [9.17, 15) is 9.18 Å². The Balaban J connectivity index is 2.08. The number of furan rings is 1. The number of carbonyl (C=O) groups is 1. The number of methoxy groups -OCH3 is 1. The molecular weight excluding hydrogens is 271 g/mol. The van der Waals surface area contributed by atoms with Gasteiger partial charge in [-0.15, -0.1) is 0 Å². The predicted octanol–water partition coefficient (Wildman–Crippen LogP) is 3.42. The lowest BCUT2D eigenvalue weighted by Crippen LogP contribution is -1.93. The molecule has 0 unspecified atom stereocenters. The van der Waals surface area contributed by atoms with E-state index < -0.39 is 11.8 Å². The highest BCUT2D eigenvalue weighted by atomic mass is 32.2. The average Bonchev–Trinajstić information content (AvgIpc) is 2.86. The van der Waals surface area contributed by atoms with E-state index in [1.54, 1.807) is 24.3 Å². The Morgan fingerprint density at radius 3 is 2.84 bits per heavy atom. The summed E-state index contributed by atoms with van der Waals surface area (Å²) in [5.41, 5.74) is 0.470. The third-order valence-corrected chi connectivity index (χ3v) is 3.38. The van der Waals surface area contributed by atoms with E-state index in [0.717, 1.165) is 0 Å². The summed E-state index contributed by atoms with van der Waals surface area (Å²) in [4.78, 5) is 10.6. The summed E-state index contributed by atoms with van der Waals surface area (Å²) >= 11 is 1.22. The van der Waals surface area contributed by atoms with E-state index in [1.807, 2.05) is 0 Å². The Bertz CT molecular complexity index is 594. The minimum Gasteiger partial charge on any atom is -0.494 e. The van der Waals surface area contributed by atoms with Crippen LogP contribution in [0.5, 0.6) is 5.75 Å². The fraction of sp³-hybridized carbons (Fsp3) is 0.154. The van der Waals surface area contributed by atoms with Crippen LogP contribution in [0.3, 0.4) is 0 Å². The van der Waals surface area contributed by atoms with E-state index in [2.05, 4.69) is 0 Å². The molecule has 1 aromatic heterocycles. The molecule has 0 saturated heterocycles. The summed E-state index contributed by atoms with van der Waals surface area (Å²) in [6, 6.07) is 7.80. The van der Waals surface area contributed by atoms with Crippen molar-refractivity contribution in [1.82, 2.24) is 0 Å². The number of thioether (sulfide) groups is 1. The van der Waals surface area contributed by atoms with E-state index in [4.69, 9.17) is 14.3 Å². The Morgan fingerprint density at radius 2 is 2.21 bits per heavy atom. The smallest absolute Gasteiger partial charge is 0.371 e. The zero-order valence-corrected chi connectivity index (χ0v) is 10.9. The first-order valence-corrected chi connectivity index (χ1v) is 6.37. The Labute approximate surface area is 113 Å². The maximum Gasteiger partial charge on any atom is 0.371 e. The van der Waals surface area contributed by atoms with Crippen molar-refractivity contribution in [3.63, 3.8) is 0 Å². The largest absolute Gasteiger partial charge is 0.494 e. The second-order valence-electron chi connectivity index (χ2n) is 3.65. The number of hydrogen-bond donors (Lipinski definition) is 1. The Hall–Kier alpha value is -1.95. The quantitative estimate of drug-likeness (QED) is 0.851. The monoisotopic (exact) mass is 282 g/mol. The molecule has 0 radical (unpaired) electrons. The maximum atomic E-state index is 13.8. The van der Waals surface area contributed by atoms with Gasteiger partial charge in [-0.2, -0.15) is 0 Å². The average molecular weight is 282 g/mol. The van der Waals surface area contributed by atoms with Crippen LogP contribution in [0.1, 0.15) is 16.1 Å². The van der Waals surface area contributed by atoms with Crippen LogP contribution in [0.15, 0.2) is 39.8 Å². The number of hydrogen-bond acceptors (Lipinski definition) is 4. The molecule has 2 rings (SSSR count). The molecule has 0 aliphatic heterocycles. The third kappa shape index (κ3) is 3.08. The molecule has 0 fully saturated rings. The second-order valence-corrected chi connectivity index (χ2v) is 4.63. The summed E-state index contributed by atoms with van der Waals surface area (Å²) in [5, 5.41) is 9.15. The highest BCUT2D eigenvalue weighted by Crippen LogP contribution is 2.28. The zero-order chi connectivity index (χ0) is 13.8. The van der Waals surface area contributed by atoms with Crippen LogP contribution in [-0.2, 0) is 5.75 Å². The predicted molar refractivity (Wildman–Crippen MR) is 68.2 cm³/mol. The molecule has 1 aromatic carbocycles.